The number of amides is 2. The van der Waals surface area contributed by atoms with Crippen molar-refractivity contribution < 1.29 is 9.59 Å². The molecule has 0 spiro atoms. The van der Waals surface area contributed by atoms with Crippen LogP contribution in [0, 0.1) is 0 Å². The number of carbonyl (C=O) groups excluding carboxylic acids is 2. The molecule has 0 unspecified atom stereocenters. The summed E-state index contributed by atoms with van der Waals surface area (Å²) in [5.74, 6) is -0.651. The number of nitrogens with one attached hydrogen (secondary N) is 2. The number of para-hydroxylation sites is 2. The Morgan fingerprint density at radius 2 is 1.62 bits per heavy atom. The molecule has 2 N–H and O–H groups in total. The number of thiazole rings is 1. The van der Waals surface area contributed by atoms with Crippen molar-refractivity contribution in [2.24, 2.45) is 0 Å². The number of hydrogen-bond acceptors (Lipinski definition) is 5. The Morgan fingerprint density at radius 3 is 2.48 bits per heavy atom. The molecule has 0 aliphatic heterocycles. The molecule has 0 radical (unpaired) electrons. The van der Waals surface area contributed by atoms with E-state index in [4.69, 9.17) is 0 Å². The van der Waals surface area contributed by atoms with Crippen molar-refractivity contribution in [1.29, 1.82) is 0 Å². The smallest absolute Gasteiger partial charge is 0.273 e. The lowest BCUT2D eigenvalue weighted by atomic mass is 10.2. The van der Waals surface area contributed by atoms with Crippen molar-refractivity contribution in [3.8, 4) is 0 Å². The second kappa shape index (κ2) is 8.79. The van der Waals surface area contributed by atoms with Crippen LogP contribution in [0.5, 0.6) is 0 Å². The predicted octanol–water partition coefficient (Wildman–Crippen LogP) is 4.02. The number of pyridine rings is 1. The molecular formula is C22H20N4O2S. The molecule has 0 bridgehead atoms. The molecule has 2 aromatic carbocycles. The summed E-state index contributed by atoms with van der Waals surface area (Å²) in [5.41, 5.74) is 6.91. The third-order valence-corrected chi connectivity index (χ3v) is 5.63. The van der Waals surface area contributed by atoms with E-state index in [-0.39, 0.29) is 11.6 Å². The minimum atomic E-state index is -0.432. The highest BCUT2D eigenvalue weighted by Crippen LogP contribution is 2.22. The van der Waals surface area contributed by atoms with Crippen LogP contribution >= 0.6 is 11.3 Å². The number of fused-ring (bicyclic) bond motifs is 2. The Kier molecular flexibility index (Phi) is 5.76. The van der Waals surface area contributed by atoms with Gasteiger partial charge in [-0.15, -0.1) is 11.3 Å². The lowest BCUT2D eigenvalue weighted by Gasteiger charge is -2.07. The van der Waals surface area contributed by atoms with E-state index >= 15 is 0 Å². The van der Waals surface area contributed by atoms with Gasteiger partial charge in [-0.2, -0.15) is 0 Å². The molecular weight excluding hydrogens is 384 g/mol. The van der Waals surface area contributed by atoms with E-state index in [1.807, 2.05) is 48.5 Å². The molecule has 146 valence electrons. The molecule has 0 aliphatic carbocycles. The fraction of sp³-hybridized carbons (Fsp3) is 0.182. The number of hydrazine groups is 1. The Labute approximate surface area is 172 Å². The first-order chi connectivity index (χ1) is 14.2. The van der Waals surface area contributed by atoms with Gasteiger partial charge in [0.05, 0.1) is 20.7 Å². The normalized spacial score (nSPS) is 10.9. The highest BCUT2D eigenvalue weighted by Gasteiger charge is 2.10. The van der Waals surface area contributed by atoms with Crippen LogP contribution in [0.1, 0.15) is 34.8 Å². The fourth-order valence-electron chi connectivity index (χ4n) is 3.03. The van der Waals surface area contributed by atoms with E-state index in [2.05, 4.69) is 26.9 Å². The van der Waals surface area contributed by atoms with Crippen LogP contribution in [0.4, 0.5) is 0 Å². The van der Waals surface area contributed by atoms with Gasteiger partial charge in [0.25, 0.3) is 5.91 Å². The van der Waals surface area contributed by atoms with E-state index in [0.717, 1.165) is 40.7 Å². The highest BCUT2D eigenvalue weighted by atomic mass is 32.1. The first-order valence-corrected chi connectivity index (χ1v) is 10.3. The van der Waals surface area contributed by atoms with Crippen molar-refractivity contribution >= 4 is 44.3 Å². The summed E-state index contributed by atoms with van der Waals surface area (Å²) in [7, 11) is 0. The summed E-state index contributed by atoms with van der Waals surface area (Å²) >= 11 is 1.69. The second-order valence-corrected chi connectivity index (χ2v) is 7.79. The number of aromatic nitrogens is 2. The molecule has 6 nitrogen and oxygen atoms in total. The average Bonchev–Trinajstić information content (AvgIpc) is 3.17. The summed E-state index contributed by atoms with van der Waals surface area (Å²) in [6, 6.07) is 19.1. The van der Waals surface area contributed by atoms with Gasteiger partial charge < -0.3 is 0 Å². The van der Waals surface area contributed by atoms with E-state index < -0.39 is 5.91 Å². The molecule has 2 aromatic heterocycles. The number of unbranched alkanes of at least 4 members (excludes halogenated alkanes) is 1. The molecule has 2 amide bonds. The predicted molar refractivity (Wildman–Crippen MR) is 115 cm³/mol. The Bertz CT molecular complexity index is 1140. The SMILES string of the molecule is O=C(CCCCc1nc2ccccc2s1)NNC(=O)c1ccc2ccccc2n1. The molecule has 0 atom stereocenters. The third-order valence-electron chi connectivity index (χ3n) is 4.53. The van der Waals surface area contributed by atoms with Gasteiger partial charge in [-0.25, -0.2) is 9.97 Å². The van der Waals surface area contributed by atoms with Crippen LogP contribution in [-0.2, 0) is 11.2 Å². The summed E-state index contributed by atoms with van der Waals surface area (Å²) in [6.07, 6.45) is 2.79. The minimum absolute atomic E-state index is 0.219. The standard InChI is InChI=1S/C22H20N4O2S/c27-20(11-5-6-12-21-24-17-9-3-4-10-19(17)29-21)25-26-22(28)18-14-13-15-7-1-2-8-16(15)23-18/h1-4,7-10,13-14H,5-6,11-12H2,(H,25,27)(H,26,28). The topological polar surface area (TPSA) is 84.0 Å². The number of benzene rings is 2. The van der Waals surface area contributed by atoms with Crippen molar-refractivity contribution in [3.63, 3.8) is 0 Å². The lowest BCUT2D eigenvalue weighted by molar-refractivity contribution is -0.121. The third kappa shape index (κ3) is 4.75. The molecule has 0 aliphatic rings. The number of carbonyl (C=O) groups is 2. The molecule has 0 saturated heterocycles. The lowest BCUT2D eigenvalue weighted by Crippen LogP contribution is -2.41. The highest BCUT2D eigenvalue weighted by molar-refractivity contribution is 7.18. The number of rotatable bonds is 6. The quantitative estimate of drug-likeness (QED) is 0.376. The van der Waals surface area contributed by atoms with E-state index in [1.165, 1.54) is 4.70 Å². The molecule has 29 heavy (non-hydrogen) atoms. The van der Waals surface area contributed by atoms with E-state index in [0.29, 0.717) is 6.42 Å². The second-order valence-electron chi connectivity index (χ2n) is 6.67. The van der Waals surface area contributed by atoms with Crippen LogP contribution in [0.3, 0.4) is 0 Å². The molecule has 4 aromatic rings. The van der Waals surface area contributed by atoms with Crippen LogP contribution in [-0.4, -0.2) is 21.8 Å². The average molecular weight is 404 g/mol. The molecule has 0 fully saturated rings. The van der Waals surface area contributed by atoms with Gasteiger partial charge >= 0.3 is 0 Å². The largest absolute Gasteiger partial charge is 0.288 e. The van der Waals surface area contributed by atoms with Crippen LogP contribution in [0.15, 0.2) is 60.7 Å². The van der Waals surface area contributed by atoms with Crippen molar-refractivity contribution in [3.05, 3.63) is 71.4 Å². The Hall–Kier alpha value is -3.32. The first-order valence-electron chi connectivity index (χ1n) is 9.48. The Balaban J connectivity index is 1.20. The maximum Gasteiger partial charge on any atom is 0.288 e. The van der Waals surface area contributed by atoms with E-state index in [9.17, 15) is 9.59 Å². The van der Waals surface area contributed by atoms with Crippen molar-refractivity contribution in [1.82, 2.24) is 20.8 Å². The van der Waals surface area contributed by atoms with Crippen LogP contribution in [0.25, 0.3) is 21.1 Å². The summed E-state index contributed by atoms with van der Waals surface area (Å²) in [5, 5.41) is 2.04. The van der Waals surface area contributed by atoms with Gasteiger partial charge in [0.15, 0.2) is 0 Å². The van der Waals surface area contributed by atoms with E-state index in [1.54, 1.807) is 17.4 Å². The monoisotopic (exact) mass is 404 g/mol. The van der Waals surface area contributed by atoms with Crippen molar-refractivity contribution in [2.75, 3.05) is 0 Å². The van der Waals surface area contributed by atoms with Gasteiger partial charge in [-0.1, -0.05) is 36.4 Å². The molecule has 7 heteroatoms. The van der Waals surface area contributed by atoms with Gasteiger partial charge in [-0.3, -0.25) is 20.4 Å². The van der Waals surface area contributed by atoms with Crippen LogP contribution in [0.2, 0.25) is 0 Å². The summed E-state index contributed by atoms with van der Waals surface area (Å²) in [6.45, 7) is 0. The van der Waals surface area contributed by atoms with Gasteiger partial charge in [-0.05, 0) is 43.5 Å². The minimum Gasteiger partial charge on any atom is -0.273 e. The maximum atomic E-state index is 12.2. The van der Waals surface area contributed by atoms with Gasteiger partial charge in [0.1, 0.15) is 5.69 Å². The maximum absolute atomic E-state index is 12.2. The zero-order chi connectivity index (χ0) is 20.1. The molecule has 0 saturated carbocycles. The number of hydrogen-bond donors (Lipinski definition) is 2. The number of nitrogens with zero attached hydrogens (tertiary/aromatic N) is 2. The zero-order valence-electron chi connectivity index (χ0n) is 15.7. The first kappa shape index (κ1) is 19.0. The van der Waals surface area contributed by atoms with Crippen LogP contribution < -0.4 is 10.9 Å². The number of aryl methyl sites for hydroxylation is 1. The van der Waals surface area contributed by atoms with Gasteiger partial charge in [0, 0.05) is 11.8 Å². The summed E-state index contributed by atoms with van der Waals surface area (Å²) in [4.78, 5) is 33.1. The molecule has 4 rings (SSSR count). The molecule has 2 heterocycles. The van der Waals surface area contributed by atoms with Crippen molar-refractivity contribution in [2.45, 2.75) is 25.7 Å². The fourth-order valence-corrected chi connectivity index (χ4v) is 4.04. The summed E-state index contributed by atoms with van der Waals surface area (Å²) < 4.78 is 1.19. The zero-order valence-corrected chi connectivity index (χ0v) is 16.5. The van der Waals surface area contributed by atoms with Gasteiger partial charge in [0.2, 0.25) is 5.91 Å². The Morgan fingerprint density at radius 1 is 0.828 bits per heavy atom.